The maximum atomic E-state index is 10.9. The van der Waals surface area contributed by atoms with Crippen molar-refractivity contribution in [1.82, 2.24) is 4.98 Å². The molecule has 4 nitrogen and oxygen atoms in total. The number of carbonyl (C=O) groups is 1. The lowest BCUT2D eigenvalue weighted by atomic mass is 10.1. The van der Waals surface area contributed by atoms with E-state index in [1.54, 1.807) is 11.8 Å². The maximum Gasteiger partial charge on any atom is 0.223 e. The highest BCUT2D eigenvalue weighted by Gasteiger charge is 2.08. The minimum Gasteiger partial charge on any atom is -0.388 e. The van der Waals surface area contributed by atoms with Crippen LogP contribution in [0.3, 0.4) is 0 Å². The van der Waals surface area contributed by atoms with Crippen LogP contribution in [0.25, 0.3) is 0 Å². The second-order valence-electron chi connectivity index (χ2n) is 4.27. The van der Waals surface area contributed by atoms with Crippen LogP contribution in [0.4, 0.5) is 5.13 Å². The van der Waals surface area contributed by atoms with Gasteiger partial charge >= 0.3 is 0 Å². The minimum absolute atomic E-state index is 0.113. The third kappa shape index (κ3) is 4.63. The first kappa shape index (κ1) is 15.0. The molecule has 0 aliphatic heterocycles. The number of nitrogens with zero attached hydrogens (tertiary/aromatic N) is 1. The van der Waals surface area contributed by atoms with Crippen LogP contribution in [0.1, 0.15) is 24.3 Å². The van der Waals surface area contributed by atoms with E-state index in [9.17, 15) is 9.90 Å². The summed E-state index contributed by atoms with van der Waals surface area (Å²) in [6.45, 7) is 1.46. The molecular formula is C14H16N2O2S2. The predicted octanol–water partition coefficient (Wildman–Crippen LogP) is 3.07. The summed E-state index contributed by atoms with van der Waals surface area (Å²) < 4.78 is 0. The molecule has 1 heterocycles. The number of benzene rings is 1. The molecule has 1 unspecified atom stereocenters. The van der Waals surface area contributed by atoms with E-state index in [0.29, 0.717) is 10.9 Å². The molecule has 6 heteroatoms. The average molecular weight is 308 g/mol. The third-order valence-electron chi connectivity index (χ3n) is 2.54. The van der Waals surface area contributed by atoms with Gasteiger partial charge in [0, 0.05) is 23.8 Å². The van der Waals surface area contributed by atoms with Gasteiger partial charge in [0.05, 0.1) is 11.8 Å². The molecule has 1 amide bonds. The van der Waals surface area contributed by atoms with Crippen LogP contribution < -0.4 is 5.32 Å². The van der Waals surface area contributed by atoms with Crippen molar-refractivity contribution in [3.8, 4) is 0 Å². The highest BCUT2D eigenvalue weighted by Crippen LogP contribution is 2.23. The fraction of sp³-hybridized carbons (Fsp3) is 0.286. The molecule has 106 valence electrons. The molecule has 1 aromatic heterocycles. The number of thioether (sulfide) groups is 1. The van der Waals surface area contributed by atoms with E-state index in [-0.39, 0.29) is 5.91 Å². The van der Waals surface area contributed by atoms with Gasteiger partial charge < -0.3 is 10.4 Å². The van der Waals surface area contributed by atoms with Crippen LogP contribution in [-0.2, 0) is 10.5 Å². The summed E-state index contributed by atoms with van der Waals surface area (Å²) >= 11 is 3.04. The van der Waals surface area contributed by atoms with Crippen molar-refractivity contribution in [1.29, 1.82) is 0 Å². The van der Waals surface area contributed by atoms with Gasteiger partial charge in [-0.15, -0.1) is 11.3 Å². The highest BCUT2D eigenvalue weighted by atomic mass is 32.2. The molecule has 0 saturated carbocycles. The van der Waals surface area contributed by atoms with E-state index in [1.807, 2.05) is 35.7 Å². The zero-order chi connectivity index (χ0) is 14.4. The number of aliphatic hydroxyl groups excluding tert-OH is 1. The second-order valence-corrected chi connectivity index (χ2v) is 6.16. The SMILES string of the molecule is CC(=O)Nc1nc(CSCC(O)c2ccccc2)cs1. The highest BCUT2D eigenvalue weighted by molar-refractivity contribution is 7.98. The molecule has 0 saturated heterocycles. The zero-order valence-electron chi connectivity index (χ0n) is 11.1. The van der Waals surface area contributed by atoms with Gasteiger partial charge in [-0.25, -0.2) is 4.98 Å². The summed E-state index contributed by atoms with van der Waals surface area (Å²) in [5.41, 5.74) is 1.85. The molecule has 20 heavy (non-hydrogen) atoms. The van der Waals surface area contributed by atoms with E-state index in [0.717, 1.165) is 17.0 Å². The van der Waals surface area contributed by atoms with Crippen molar-refractivity contribution in [2.24, 2.45) is 0 Å². The van der Waals surface area contributed by atoms with Crippen molar-refractivity contribution >= 4 is 34.1 Å². The van der Waals surface area contributed by atoms with Crippen molar-refractivity contribution in [3.05, 3.63) is 47.0 Å². The van der Waals surface area contributed by atoms with Gasteiger partial charge in [0.1, 0.15) is 0 Å². The van der Waals surface area contributed by atoms with Crippen molar-refractivity contribution in [2.45, 2.75) is 18.8 Å². The summed E-state index contributed by atoms with van der Waals surface area (Å²) in [7, 11) is 0. The van der Waals surface area contributed by atoms with Gasteiger partial charge in [-0.2, -0.15) is 11.8 Å². The molecule has 0 aliphatic carbocycles. The molecule has 2 rings (SSSR count). The van der Waals surface area contributed by atoms with Crippen LogP contribution in [0.2, 0.25) is 0 Å². The first-order valence-corrected chi connectivity index (χ1v) is 8.21. The monoisotopic (exact) mass is 308 g/mol. The molecule has 2 aromatic rings. The Morgan fingerprint density at radius 2 is 2.20 bits per heavy atom. The summed E-state index contributed by atoms with van der Waals surface area (Å²) in [5, 5.41) is 15.2. The average Bonchev–Trinajstić information content (AvgIpc) is 2.86. The lowest BCUT2D eigenvalue weighted by molar-refractivity contribution is -0.114. The molecule has 0 bridgehead atoms. The van der Waals surface area contributed by atoms with Crippen molar-refractivity contribution in [2.75, 3.05) is 11.1 Å². The molecule has 1 atom stereocenters. The summed E-state index contributed by atoms with van der Waals surface area (Å²) in [5.74, 6) is 1.23. The molecule has 0 aliphatic rings. The number of nitrogens with one attached hydrogen (secondary N) is 1. The molecule has 0 radical (unpaired) electrons. The molecule has 0 fully saturated rings. The van der Waals surface area contributed by atoms with Crippen LogP contribution in [0.15, 0.2) is 35.7 Å². The summed E-state index contributed by atoms with van der Waals surface area (Å²) in [4.78, 5) is 15.2. The Morgan fingerprint density at radius 3 is 2.90 bits per heavy atom. The largest absolute Gasteiger partial charge is 0.388 e. The topological polar surface area (TPSA) is 62.2 Å². The van der Waals surface area contributed by atoms with Crippen molar-refractivity contribution in [3.63, 3.8) is 0 Å². The van der Waals surface area contributed by atoms with Crippen LogP contribution in [0.5, 0.6) is 0 Å². The van der Waals surface area contributed by atoms with Crippen LogP contribution in [0, 0.1) is 0 Å². The number of anilines is 1. The Labute approximate surface area is 126 Å². The van der Waals surface area contributed by atoms with Crippen LogP contribution >= 0.6 is 23.1 Å². The Kier molecular flexibility index (Phi) is 5.58. The fourth-order valence-electron chi connectivity index (χ4n) is 1.63. The number of rotatable bonds is 6. The van der Waals surface area contributed by atoms with E-state index in [2.05, 4.69) is 10.3 Å². The Balaban J connectivity index is 1.78. The number of hydrogen-bond acceptors (Lipinski definition) is 5. The predicted molar refractivity (Wildman–Crippen MR) is 84.0 cm³/mol. The second kappa shape index (κ2) is 7.42. The summed E-state index contributed by atoms with van der Waals surface area (Å²) in [6, 6.07) is 9.61. The number of carbonyl (C=O) groups excluding carboxylic acids is 1. The maximum absolute atomic E-state index is 10.9. The van der Waals surface area contributed by atoms with Crippen molar-refractivity contribution < 1.29 is 9.90 Å². The number of thiazole rings is 1. The Morgan fingerprint density at radius 1 is 1.45 bits per heavy atom. The van der Waals surface area contributed by atoms with Gasteiger partial charge in [-0.1, -0.05) is 30.3 Å². The number of aliphatic hydroxyl groups is 1. The van der Waals surface area contributed by atoms with E-state index >= 15 is 0 Å². The normalized spacial score (nSPS) is 12.1. The first-order valence-electron chi connectivity index (χ1n) is 6.18. The minimum atomic E-state index is -0.463. The van der Waals surface area contributed by atoms with Crippen LogP contribution in [-0.4, -0.2) is 21.8 Å². The molecular weight excluding hydrogens is 292 g/mol. The number of amides is 1. The Hall–Kier alpha value is -1.37. The van der Waals surface area contributed by atoms with Gasteiger partial charge in [-0.3, -0.25) is 4.79 Å². The third-order valence-corrected chi connectivity index (χ3v) is 4.40. The van der Waals surface area contributed by atoms with Gasteiger partial charge in [0.15, 0.2) is 5.13 Å². The molecule has 0 spiro atoms. The van der Waals surface area contributed by atoms with E-state index in [1.165, 1.54) is 18.3 Å². The van der Waals surface area contributed by atoms with E-state index < -0.39 is 6.10 Å². The number of aromatic nitrogens is 1. The Bertz CT molecular complexity index is 557. The molecule has 2 N–H and O–H groups in total. The van der Waals surface area contributed by atoms with Gasteiger partial charge in [-0.05, 0) is 5.56 Å². The molecule has 1 aromatic carbocycles. The lowest BCUT2D eigenvalue weighted by Gasteiger charge is -2.09. The lowest BCUT2D eigenvalue weighted by Crippen LogP contribution is -2.05. The fourth-order valence-corrected chi connectivity index (χ4v) is 3.38. The standard InChI is InChI=1S/C14H16N2O2S2/c1-10(17)15-14-16-12(8-20-14)7-19-9-13(18)11-5-3-2-4-6-11/h2-6,8,13,18H,7,9H2,1H3,(H,15,16,17). The van der Waals surface area contributed by atoms with Gasteiger partial charge in [0.25, 0.3) is 0 Å². The summed E-state index contributed by atoms with van der Waals surface area (Å²) in [6.07, 6.45) is -0.463. The zero-order valence-corrected chi connectivity index (χ0v) is 12.7. The number of hydrogen-bond donors (Lipinski definition) is 2. The smallest absolute Gasteiger partial charge is 0.223 e. The quantitative estimate of drug-likeness (QED) is 0.861. The van der Waals surface area contributed by atoms with Gasteiger partial charge in [0.2, 0.25) is 5.91 Å². The first-order chi connectivity index (χ1) is 9.65. The van der Waals surface area contributed by atoms with E-state index in [4.69, 9.17) is 0 Å².